The van der Waals surface area contributed by atoms with Gasteiger partial charge in [-0.1, -0.05) is 0 Å². The first-order valence-electron chi connectivity index (χ1n) is 7.56. The van der Waals surface area contributed by atoms with Crippen LogP contribution in [0, 0.1) is 0 Å². The van der Waals surface area contributed by atoms with E-state index >= 15 is 0 Å². The number of benzene rings is 1. The van der Waals surface area contributed by atoms with Crippen LogP contribution < -0.4 is 20.2 Å². The summed E-state index contributed by atoms with van der Waals surface area (Å²) in [5.41, 5.74) is 4.58. The van der Waals surface area contributed by atoms with Crippen molar-refractivity contribution in [2.45, 2.75) is 25.9 Å². The summed E-state index contributed by atoms with van der Waals surface area (Å²) in [6.45, 7) is 3.44. The van der Waals surface area contributed by atoms with Gasteiger partial charge in [0, 0.05) is 18.7 Å². The maximum absolute atomic E-state index is 5.53. The normalized spacial score (nSPS) is 17.7. The predicted octanol–water partition coefficient (Wildman–Crippen LogP) is 2.07. The molecule has 6 nitrogen and oxygen atoms in total. The van der Waals surface area contributed by atoms with Gasteiger partial charge in [0.15, 0.2) is 16.6 Å². The van der Waals surface area contributed by atoms with Crippen LogP contribution in [0.1, 0.15) is 25.3 Å². The lowest BCUT2D eigenvalue weighted by Crippen LogP contribution is -2.37. The highest BCUT2D eigenvalue weighted by Crippen LogP contribution is 2.27. The number of hydrogen-bond acceptors (Lipinski definition) is 5. The van der Waals surface area contributed by atoms with Crippen molar-refractivity contribution in [1.29, 1.82) is 0 Å². The van der Waals surface area contributed by atoms with Gasteiger partial charge in [-0.2, -0.15) is 5.10 Å². The van der Waals surface area contributed by atoms with Crippen molar-refractivity contribution in [1.82, 2.24) is 10.7 Å². The Bertz CT molecular complexity index is 572. The second-order valence-corrected chi connectivity index (χ2v) is 5.63. The highest BCUT2D eigenvalue weighted by atomic mass is 32.1. The van der Waals surface area contributed by atoms with Crippen LogP contribution in [-0.2, 0) is 4.74 Å². The molecule has 0 aliphatic carbocycles. The molecule has 0 aromatic heterocycles. The zero-order valence-corrected chi connectivity index (χ0v) is 14.5. The zero-order chi connectivity index (χ0) is 16.7. The van der Waals surface area contributed by atoms with Crippen LogP contribution in [0.2, 0.25) is 0 Å². The summed E-state index contributed by atoms with van der Waals surface area (Å²) in [6.07, 6.45) is 2.43. The molecule has 0 spiro atoms. The Hall–Kier alpha value is -1.86. The molecule has 0 bridgehead atoms. The van der Waals surface area contributed by atoms with Gasteiger partial charge in [0.05, 0.1) is 26.0 Å². The molecular formula is C16H23N3O3S. The van der Waals surface area contributed by atoms with Crippen molar-refractivity contribution >= 4 is 23.0 Å². The number of methoxy groups -OCH3 is 2. The van der Waals surface area contributed by atoms with E-state index in [2.05, 4.69) is 15.8 Å². The Morgan fingerprint density at radius 3 is 2.78 bits per heavy atom. The van der Waals surface area contributed by atoms with Gasteiger partial charge in [0.2, 0.25) is 0 Å². The molecule has 2 rings (SSSR count). The maximum Gasteiger partial charge on any atom is 0.187 e. The largest absolute Gasteiger partial charge is 0.493 e. The van der Waals surface area contributed by atoms with E-state index in [0.29, 0.717) is 23.2 Å². The number of hydrogen-bond donors (Lipinski definition) is 2. The Morgan fingerprint density at radius 2 is 2.13 bits per heavy atom. The van der Waals surface area contributed by atoms with Gasteiger partial charge in [0.25, 0.3) is 0 Å². The second-order valence-electron chi connectivity index (χ2n) is 5.22. The minimum Gasteiger partial charge on any atom is -0.493 e. The van der Waals surface area contributed by atoms with Gasteiger partial charge >= 0.3 is 0 Å². The van der Waals surface area contributed by atoms with Gasteiger partial charge in [-0.3, -0.25) is 5.43 Å². The smallest absolute Gasteiger partial charge is 0.187 e. The first kappa shape index (κ1) is 17.5. The molecule has 23 heavy (non-hydrogen) atoms. The summed E-state index contributed by atoms with van der Waals surface area (Å²) in [7, 11) is 3.22. The summed E-state index contributed by atoms with van der Waals surface area (Å²) in [4.78, 5) is 0. The van der Waals surface area contributed by atoms with Gasteiger partial charge in [-0.25, -0.2) is 0 Å². The second kappa shape index (κ2) is 8.69. The lowest BCUT2D eigenvalue weighted by atomic mass is 10.1. The van der Waals surface area contributed by atoms with Crippen LogP contribution >= 0.6 is 12.2 Å². The van der Waals surface area contributed by atoms with Crippen LogP contribution in [0.4, 0.5) is 0 Å². The summed E-state index contributed by atoms with van der Waals surface area (Å²) < 4.78 is 16.1. The van der Waals surface area contributed by atoms with Crippen LogP contribution in [0.25, 0.3) is 0 Å². The third kappa shape index (κ3) is 5.07. The standard InChI is InChI=1S/C16H23N3O3S/c1-11(12-6-7-14(20-2)15(9-12)21-3)18-19-16(23)17-10-13-5-4-8-22-13/h6-7,9,13H,4-5,8,10H2,1-3H3,(H2,17,19,23)/b18-11+. The third-order valence-electron chi connectivity index (χ3n) is 3.64. The summed E-state index contributed by atoms with van der Waals surface area (Å²) in [5.74, 6) is 1.35. The lowest BCUT2D eigenvalue weighted by molar-refractivity contribution is 0.114. The van der Waals surface area contributed by atoms with Crippen molar-refractivity contribution in [2.24, 2.45) is 5.10 Å². The van der Waals surface area contributed by atoms with E-state index in [4.69, 9.17) is 26.4 Å². The molecule has 7 heteroatoms. The fourth-order valence-corrected chi connectivity index (χ4v) is 2.44. The molecule has 1 aliphatic heterocycles. The first-order chi connectivity index (χ1) is 11.1. The molecule has 1 aromatic rings. The van der Waals surface area contributed by atoms with E-state index in [1.54, 1.807) is 14.2 Å². The first-order valence-corrected chi connectivity index (χ1v) is 7.97. The molecule has 0 radical (unpaired) electrons. The predicted molar refractivity (Wildman–Crippen MR) is 94.5 cm³/mol. The molecule has 126 valence electrons. The van der Waals surface area contributed by atoms with Crippen LogP contribution in [-0.4, -0.2) is 44.3 Å². The van der Waals surface area contributed by atoms with E-state index in [-0.39, 0.29) is 6.10 Å². The zero-order valence-electron chi connectivity index (χ0n) is 13.7. The molecule has 1 atom stereocenters. The molecular weight excluding hydrogens is 314 g/mol. The SMILES string of the molecule is COc1ccc(/C(C)=N/NC(=S)NCC2CCCO2)cc1OC. The molecule has 1 saturated heterocycles. The van der Waals surface area contributed by atoms with Gasteiger partial charge in [-0.15, -0.1) is 0 Å². The minimum absolute atomic E-state index is 0.241. The Labute approximate surface area is 142 Å². The third-order valence-corrected chi connectivity index (χ3v) is 3.88. The number of thiocarbonyl (C=S) groups is 1. The van der Waals surface area contributed by atoms with Crippen molar-refractivity contribution in [3.8, 4) is 11.5 Å². The molecule has 1 unspecified atom stereocenters. The average Bonchev–Trinajstić information content (AvgIpc) is 3.10. The summed E-state index contributed by atoms with van der Waals surface area (Å²) in [5, 5.41) is 7.90. The van der Waals surface area contributed by atoms with E-state index in [1.807, 2.05) is 25.1 Å². The number of nitrogens with one attached hydrogen (secondary N) is 2. The van der Waals surface area contributed by atoms with Crippen LogP contribution in [0.3, 0.4) is 0 Å². The van der Waals surface area contributed by atoms with E-state index in [0.717, 1.165) is 30.7 Å². The topological polar surface area (TPSA) is 64.1 Å². The van der Waals surface area contributed by atoms with Gasteiger partial charge in [-0.05, 0) is 50.2 Å². The van der Waals surface area contributed by atoms with E-state index < -0.39 is 0 Å². The monoisotopic (exact) mass is 337 g/mol. The molecule has 1 aromatic carbocycles. The fraction of sp³-hybridized carbons (Fsp3) is 0.500. The molecule has 0 saturated carbocycles. The quantitative estimate of drug-likeness (QED) is 0.471. The summed E-state index contributed by atoms with van der Waals surface area (Å²) >= 11 is 5.22. The van der Waals surface area contributed by atoms with E-state index in [1.165, 1.54) is 0 Å². The molecule has 1 aliphatic rings. The Morgan fingerprint density at radius 1 is 1.35 bits per heavy atom. The molecule has 2 N–H and O–H groups in total. The van der Waals surface area contributed by atoms with Crippen molar-refractivity contribution in [3.05, 3.63) is 23.8 Å². The Balaban J connectivity index is 1.89. The highest BCUT2D eigenvalue weighted by Gasteiger charge is 2.15. The van der Waals surface area contributed by atoms with Crippen LogP contribution in [0.5, 0.6) is 11.5 Å². The van der Waals surface area contributed by atoms with Gasteiger partial charge in [0.1, 0.15) is 0 Å². The molecule has 1 fully saturated rings. The highest BCUT2D eigenvalue weighted by molar-refractivity contribution is 7.80. The number of ether oxygens (including phenoxy) is 3. The number of hydrazone groups is 1. The minimum atomic E-state index is 0.241. The van der Waals surface area contributed by atoms with Crippen molar-refractivity contribution in [2.75, 3.05) is 27.4 Å². The van der Waals surface area contributed by atoms with Crippen molar-refractivity contribution in [3.63, 3.8) is 0 Å². The van der Waals surface area contributed by atoms with Crippen molar-refractivity contribution < 1.29 is 14.2 Å². The average molecular weight is 337 g/mol. The molecule has 1 heterocycles. The van der Waals surface area contributed by atoms with Gasteiger partial charge < -0.3 is 19.5 Å². The fourth-order valence-electron chi connectivity index (χ4n) is 2.31. The van der Waals surface area contributed by atoms with E-state index in [9.17, 15) is 0 Å². The molecule has 0 amide bonds. The Kier molecular flexibility index (Phi) is 6.61. The number of nitrogens with zero attached hydrogens (tertiary/aromatic N) is 1. The lowest BCUT2D eigenvalue weighted by Gasteiger charge is -2.13. The maximum atomic E-state index is 5.53. The van der Waals surface area contributed by atoms with Crippen LogP contribution in [0.15, 0.2) is 23.3 Å². The summed E-state index contributed by atoms with van der Waals surface area (Å²) in [6, 6.07) is 5.65. The number of rotatable bonds is 6.